The molecule has 4 aromatic heterocycles. The number of alkyl carbamates (subject to hydrolysis) is 1. The van der Waals surface area contributed by atoms with Crippen LogP contribution < -0.4 is 10.1 Å². The summed E-state index contributed by atoms with van der Waals surface area (Å²) >= 11 is 0. The number of carbonyl (C=O) groups is 2. The van der Waals surface area contributed by atoms with E-state index in [1.807, 2.05) is 78.7 Å². The fourth-order valence-corrected chi connectivity index (χ4v) is 6.76. The molecule has 12 nitrogen and oxygen atoms in total. The highest BCUT2D eigenvalue weighted by molar-refractivity contribution is 5.96. The lowest BCUT2D eigenvalue weighted by Crippen LogP contribution is -2.41. The third-order valence-electron chi connectivity index (χ3n) is 9.52. The number of benzene rings is 2. The van der Waals surface area contributed by atoms with Crippen molar-refractivity contribution in [2.45, 2.75) is 39.0 Å². The van der Waals surface area contributed by atoms with Gasteiger partial charge >= 0.3 is 6.09 Å². The lowest BCUT2D eigenvalue weighted by atomic mass is 9.93. The third-order valence-corrected chi connectivity index (χ3v) is 9.52. The van der Waals surface area contributed by atoms with Gasteiger partial charge in [0.1, 0.15) is 30.5 Å². The summed E-state index contributed by atoms with van der Waals surface area (Å²) in [6.07, 6.45) is 4.47. The van der Waals surface area contributed by atoms with Crippen molar-refractivity contribution in [1.82, 2.24) is 39.8 Å². The Kier molecular flexibility index (Phi) is 7.97. The van der Waals surface area contributed by atoms with Crippen LogP contribution in [0.5, 0.6) is 5.88 Å². The molecule has 3 atom stereocenters. The van der Waals surface area contributed by atoms with Gasteiger partial charge in [0, 0.05) is 48.9 Å². The number of aromatic amines is 1. The first-order valence-corrected chi connectivity index (χ1v) is 16.7. The number of ether oxygens (including phenoxy) is 2. The summed E-state index contributed by atoms with van der Waals surface area (Å²) in [6, 6.07) is 21.0. The highest BCUT2D eigenvalue weighted by Crippen LogP contribution is 2.48. The van der Waals surface area contributed by atoms with E-state index in [2.05, 4.69) is 25.5 Å². The molecule has 6 aromatic rings. The molecule has 1 aliphatic heterocycles. The van der Waals surface area contributed by atoms with Gasteiger partial charge in [-0.25, -0.2) is 24.1 Å². The number of fused-ring (bicyclic) bond motifs is 2. The molecule has 0 bridgehead atoms. The van der Waals surface area contributed by atoms with Crippen molar-refractivity contribution in [2.24, 2.45) is 11.8 Å². The van der Waals surface area contributed by atoms with Crippen LogP contribution in [-0.4, -0.2) is 65.6 Å². The smallest absolute Gasteiger partial charge is 0.408 e. The van der Waals surface area contributed by atoms with Crippen LogP contribution in [0.3, 0.4) is 0 Å². The fourth-order valence-electron chi connectivity index (χ4n) is 6.76. The number of nitrogens with zero attached hydrogens (tertiary/aromatic N) is 6. The maximum atomic E-state index is 13.8. The van der Waals surface area contributed by atoms with Crippen molar-refractivity contribution in [3.05, 3.63) is 120 Å². The van der Waals surface area contributed by atoms with E-state index in [0.29, 0.717) is 52.8 Å². The Morgan fingerprint density at radius 1 is 1.00 bits per heavy atom. The van der Waals surface area contributed by atoms with Gasteiger partial charge in [0.2, 0.25) is 5.88 Å². The van der Waals surface area contributed by atoms with Crippen LogP contribution in [0.25, 0.3) is 28.3 Å². The van der Waals surface area contributed by atoms with E-state index in [0.717, 1.165) is 16.8 Å². The Morgan fingerprint density at radius 2 is 1.76 bits per heavy atom. The molecular weight excluding hydrogens is 651 g/mol. The van der Waals surface area contributed by atoms with Gasteiger partial charge < -0.3 is 24.1 Å². The van der Waals surface area contributed by atoms with E-state index in [1.54, 1.807) is 24.4 Å². The number of aryl methyl sites for hydroxylation is 1. The maximum absolute atomic E-state index is 13.8. The first-order chi connectivity index (χ1) is 24.6. The SMILES string of the molecule is Cc1cn2cc(C(=O)N3C[C@@H]4C(Oc5cc(C(C)(C)NC(=O)OCc6ccccc6)cc(-c6ccc(F)cc6)n5)[C@@H]4C3)cc(-c3nc[nH]n3)c2n1. The third kappa shape index (κ3) is 6.50. The number of halogens is 1. The van der Waals surface area contributed by atoms with Crippen molar-refractivity contribution in [1.29, 1.82) is 0 Å². The number of piperidine rings is 1. The molecule has 258 valence electrons. The van der Waals surface area contributed by atoms with Gasteiger partial charge in [-0.05, 0) is 68.3 Å². The highest BCUT2D eigenvalue weighted by atomic mass is 19.1. The number of likely N-dealkylation sites (tertiary alicyclic amines) is 1. The molecule has 1 unspecified atom stereocenters. The summed E-state index contributed by atoms with van der Waals surface area (Å²) in [6.45, 7) is 6.85. The normalized spacial score (nSPS) is 18.0. The molecule has 5 heterocycles. The molecule has 1 saturated carbocycles. The van der Waals surface area contributed by atoms with Crippen molar-refractivity contribution in [2.75, 3.05) is 13.1 Å². The predicted octanol–water partition coefficient (Wildman–Crippen LogP) is 5.94. The number of rotatable bonds is 9. The van der Waals surface area contributed by atoms with Gasteiger partial charge in [0.05, 0.1) is 28.1 Å². The zero-order valence-electron chi connectivity index (χ0n) is 28.2. The molecule has 8 rings (SSSR count). The number of aromatic nitrogens is 6. The molecule has 0 radical (unpaired) electrons. The Morgan fingerprint density at radius 3 is 2.49 bits per heavy atom. The Labute approximate surface area is 292 Å². The minimum absolute atomic E-state index is 0.0864. The second kappa shape index (κ2) is 12.7. The monoisotopic (exact) mass is 686 g/mol. The molecule has 2 N–H and O–H groups in total. The molecule has 2 aliphatic rings. The maximum Gasteiger partial charge on any atom is 0.408 e. The fraction of sp³-hybridized carbons (Fsp3) is 0.263. The number of nitrogens with one attached hydrogen (secondary N) is 2. The summed E-state index contributed by atoms with van der Waals surface area (Å²) in [7, 11) is 0. The van der Waals surface area contributed by atoms with Gasteiger partial charge in [0.15, 0.2) is 5.82 Å². The summed E-state index contributed by atoms with van der Waals surface area (Å²) in [5.41, 5.74) is 4.71. The molecule has 1 aliphatic carbocycles. The van der Waals surface area contributed by atoms with Crippen molar-refractivity contribution in [3.63, 3.8) is 0 Å². The van der Waals surface area contributed by atoms with E-state index in [1.165, 1.54) is 18.5 Å². The second-order valence-electron chi connectivity index (χ2n) is 13.6. The van der Waals surface area contributed by atoms with Crippen LogP contribution in [0.2, 0.25) is 0 Å². The van der Waals surface area contributed by atoms with Crippen molar-refractivity contribution < 1.29 is 23.5 Å². The van der Waals surface area contributed by atoms with E-state index in [9.17, 15) is 14.0 Å². The van der Waals surface area contributed by atoms with Gasteiger partial charge in [0.25, 0.3) is 5.91 Å². The minimum atomic E-state index is -0.870. The largest absolute Gasteiger partial charge is 0.474 e. The van der Waals surface area contributed by atoms with Crippen LogP contribution in [0.15, 0.2) is 91.5 Å². The molecule has 51 heavy (non-hydrogen) atoms. The first kappa shape index (κ1) is 32.1. The minimum Gasteiger partial charge on any atom is -0.474 e. The Balaban J connectivity index is 0.985. The number of imidazole rings is 1. The van der Waals surface area contributed by atoms with Crippen LogP contribution in [-0.2, 0) is 16.9 Å². The average Bonchev–Trinajstić information content (AvgIpc) is 3.62. The van der Waals surface area contributed by atoms with Crippen molar-refractivity contribution >= 4 is 17.6 Å². The predicted molar refractivity (Wildman–Crippen MR) is 185 cm³/mol. The molecule has 2 fully saturated rings. The van der Waals surface area contributed by atoms with Gasteiger partial charge in [-0.3, -0.25) is 9.89 Å². The number of carbonyl (C=O) groups excluding carboxylic acids is 2. The van der Waals surface area contributed by atoms with Crippen LogP contribution in [0.1, 0.15) is 41.0 Å². The molecule has 13 heteroatoms. The standard InChI is InChI=1S/C38H35FN8O4/c1-22-16-46-17-25(13-28(35(46)42-22)34-40-21-41-45-34)36(48)47-18-29-30(19-47)33(29)51-32-15-26(14-31(43-32)24-9-11-27(39)12-10-24)38(2,3)44-37(49)50-20-23-7-5-4-6-8-23/h4-17,21,29-30,33H,18-20H2,1-3H3,(H,44,49)(H,40,41,45)/t29-,30+,33?. The van der Waals surface area contributed by atoms with E-state index in [-0.39, 0.29) is 36.3 Å². The first-order valence-electron chi connectivity index (χ1n) is 16.7. The summed E-state index contributed by atoms with van der Waals surface area (Å²) < 4.78 is 27.6. The number of amides is 2. The topological polar surface area (TPSA) is 140 Å². The number of hydrogen-bond donors (Lipinski definition) is 2. The van der Waals surface area contributed by atoms with E-state index < -0.39 is 11.6 Å². The summed E-state index contributed by atoms with van der Waals surface area (Å²) in [5.74, 6) is 0.688. The number of hydrogen-bond acceptors (Lipinski definition) is 8. The highest BCUT2D eigenvalue weighted by Gasteiger charge is 2.59. The summed E-state index contributed by atoms with van der Waals surface area (Å²) in [5, 5.41) is 9.91. The average molecular weight is 687 g/mol. The van der Waals surface area contributed by atoms with E-state index in [4.69, 9.17) is 14.5 Å². The summed E-state index contributed by atoms with van der Waals surface area (Å²) in [4.78, 5) is 42.2. The molecular formula is C38H35FN8O4. The van der Waals surface area contributed by atoms with Crippen LogP contribution in [0.4, 0.5) is 9.18 Å². The van der Waals surface area contributed by atoms with Gasteiger partial charge in [-0.2, -0.15) is 5.10 Å². The zero-order valence-corrected chi connectivity index (χ0v) is 28.2. The van der Waals surface area contributed by atoms with Crippen molar-refractivity contribution in [3.8, 4) is 28.5 Å². The second-order valence-corrected chi connectivity index (χ2v) is 13.6. The lowest BCUT2D eigenvalue weighted by Gasteiger charge is -2.27. The van der Waals surface area contributed by atoms with Gasteiger partial charge in [-0.1, -0.05) is 30.3 Å². The number of pyridine rings is 2. The van der Waals surface area contributed by atoms with Crippen LogP contribution in [0, 0.1) is 24.6 Å². The van der Waals surface area contributed by atoms with E-state index >= 15 is 0 Å². The molecule has 2 aromatic carbocycles. The van der Waals surface area contributed by atoms with Gasteiger partial charge in [-0.15, -0.1) is 0 Å². The zero-order chi connectivity index (χ0) is 35.3. The molecule has 1 saturated heterocycles. The molecule has 2 amide bonds. The Bertz CT molecular complexity index is 2230. The number of H-pyrrole nitrogens is 1. The Hall–Kier alpha value is -6.11. The van der Waals surface area contributed by atoms with Crippen LogP contribution >= 0.6 is 0 Å². The lowest BCUT2D eigenvalue weighted by molar-refractivity contribution is 0.0751. The quantitative estimate of drug-likeness (QED) is 0.191. The molecule has 0 spiro atoms.